The van der Waals surface area contributed by atoms with Crippen molar-refractivity contribution in [2.24, 2.45) is 5.11 Å². The van der Waals surface area contributed by atoms with Crippen molar-refractivity contribution in [1.29, 1.82) is 0 Å². The SMILES string of the molecule is [N-]=[N+]=NC[C@H](O)c1cc(F)cc(F)c1. The number of benzene rings is 1. The second kappa shape index (κ2) is 4.55. The van der Waals surface area contributed by atoms with Crippen LogP contribution in [-0.4, -0.2) is 11.7 Å². The first-order chi connectivity index (χ1) is 6.63. The van der Waals surface area contributed by atoms with Crippen LogP contribution in [-0.2, 0) is 0 Å². The number of hydrogen-bond acceptors (Lipinski definition) is 2. The third kappa shape index (κ3) is 2.69. The molecule has 1 N–H and O–H groups in total. The Balaban J connectivity index is 2.88. The lowest BCUT2D eigenvalue weighted by Crippen LogP contribution is -2.02. The topological polar surface area (TPSA) is 69.0 Å². The molecule has 1 rings (SSSR count). The summed E-state index contributed by atoms with van der Waals surface area (Å²) < 4.78 is 25.3. The molecule has 6 heteroatoms. The summed E-state index contributed by atoms with van der Waals surface area (Å²) in [4.78, 5) is 2.42. The highest BCUT2D eigenvalue weighted by Gasteiger charge is 2.09. The first kappa shape index (κ1) is 10.4. The van der Waals surface area contributed by atoms with Gasteiger partial charge in [0.05, 0.1) is 12.6 Å². The molecule has 0 heterocycles. The Bertz CT molecular complexity index is 357. The largest absolute Gasteiger partial charge is 0.388 e. The Morgan fingerprint density at radius 1 is 1.36 bits per heavy atom. The van der Waals surface area contributed by atoms with Crippen LogP contribution in [0, 0.1) is 11.6 Å². The van der Waals surface area contributed by atoms with Crippen LogP contribution in [0.15, 0.2) is 23.3 Å². The first-order valence-corrected chi connectivity index (χ1v) is 3.78. The lowest BCUT2D eigenvalue weighted by Gasteiger charge is -2.07. The molecule has 0 saturated carbocycles. The molecule has 0 aliphatic heterocycles. The molecule has 0 saturated heterocycles. The Kier molecular flexibility index (Phi) is 3.39. The molecule has 0 aromatic heterocycles. The van der Waals surface area contributed by atoms with Crippen molar-refractivity contribution in [3.8, 4) is 0 Å². The zero-order valence-electron chi connectivity index (χ0n) is 7.06. The predicted octanol–water partition coefficient (Wildman–Crippen LogP) is 2.31. The number of hydrogen-bond donors (Lipinski definition) is 1. The van der Waals surface area contributed by atoms with Gasteiger partial charge in [-0.25, -0.2) is 8.78 Å². The second-order valence-corrected chi connectivity index (χ2v) is 2.63. The van der Waals surface area contributed by atoms with Gasteiger partial charge in [-0.1, -0.05) is 5.11 Å². The van der Waals surface area contributed by atoms with Gasteiger partial charge in [0.25, 0.3) is 0 Å². The third-order valence-electron chi connectivity index (χ3n) is 1.59. The van der Waals surface area contributed by atoms with Crippen LogP contribution in [0.2, 0.25) is 0 Å². The van der Waals surface area contributed by atoms with Crippen molar-refractivity contribution in [1.82, 2.24) is 0 Å². The molecule has 0 bridgehead atoms. The van der Waals surface area contributed by atoms with Crippen LogP contribution in [0.1, 0.15) is 11.7 Å². The molecule has 0 aliphatic carbocycles. The minimum absolute atomic E-state index is 0.0508. The fourth-order valence-corrected chi connectivity index (χ4v) is 0.987. The molecule has 4 nitrogen and oxygen atoms in total. The number of aliphatic hydroxyl groups excluding tert-OH is 1. The van der Waals surface area contributed by atoms with Gasteiger partial charge in [0.15, 0.2) is 0 Å². The van der Waals surface area contributed by atoms with Crippen LogP contribution in [0.4, 0.5) is 8.78 Å². The van der Waals surface area contributed by atoms with E-state index in [0.29, 0.717) is 6.07 Å². The number of aliphatic hydroxyl groups is 1. The Morgan fingerprint density at radius 3 is 2.43 bits per heavy atom. The molecular weight excluding hydrogens is 192 g/mol. The monoisotopic (exact) mass is 199 g/mol. The summed E-state index contributed by atoms with van der Waals surface area (Å²) in [6, 6.07) is 2.67. The van der Waals surface area contributed by atoms with Gasteiger partial charge in [0.1, 0.15) is 11.6 Å². The minimum atomic E-state index is -1.18. The van der Waals surface area contributed by atoms with Gasteiger partial charge in [-0.2, -0.15) is 0 Å². The molecule has 14 heavy (non-hydrogen) atoms. The summed E-state index contributed by atoms with van der Waals surface area (Å²) in [5.41, 5.74) is 8.02. The van der Waals surface area contributed by atoms with Crippen LogP contribution < -0.4 is 0 Å². The smallest absolute Gasteiger partial charge is 0.126 e. The van der Waals surface area contributed by atoms with E-state index in [1.165, 1.54) is 0 Å². The van der Waals surface area contributed by atoms with Gasteiger partial charge in [0.2, 0.25) is 0 Å². The van der Waals surface area contributed by atoms with E-state index in [-0.39, 0.29) is 12.1 Å². The van der Waals surface area contributed by atoms with E-state index in [0.717, 1.165) is 12.1 Å². The summed E-state index contributed by atoms with van der Waals surface area (Å²) in [7, 11) is 0. The maximum Gasteiger partial charge on any atom is 0.126 e. The van der Waals surface area contributed by atoms with Crippen molar-refractivity contribution < 1.29 is 13.9 Å². The highest BCUT2D eigenvalue weighted by Crippen LogP contribution is 2.16. The van der Waals surface area contributed by atoms with Gasteiger partial charge >= 0.3 is 0 Å². The molecule has 0 aliphatic rings. The van der Waals surface area contributed by atoms with Crippen molar-refractivity contribution in [3.63, 3.8) is 0 Å². The lowest BCUT2D eigenvalue weighted by molar-refractivity contribution is 0.186. The predicted molar refractivity (Wildman–Crippen MR) is 45.3 cm³/mol. The summed E-state index contributed by atoms with van der Waals surface area (Å²) in [6.07, 6.45) is -1.18. The van der Waals surface area contributed by atoms with E-state index in [1.807, 2.05) is 0 Å². The van der Waals surface area contributed by atoms with Gasteiger partial charge in [-0.15, -0.1) is 0 Å². The zero-order valence-corrected chi connectivity index (χ0v) is 7.06. The van der Waals surface area contributed by atoms with Crippen LogP contribution >= 0.6 is 0 Å². The Morgan fingerprint density at radius 2 is 1.93 bits per heavy atom. The number of halogens is 2. The molecule has 0 amide bonds. The Labute approximate surface area is 78.4 Å². The first-order valence-electron chi connectivity index (χ1n) is 3.78. The molecule has 1 aromatic carbocycles. The second-order valence-electron chi connectivity index (χ2n) is 2.63. The average Bonchev–Trinajstić information content (AvgIpc) is 2.12. The molecule has 0 radical (unpaired) electrons. The normalized spacial score (nSPS) is 11.9. The van der Waals surface area contributed by atoms with Gasteiger partial charge in [-0.3, -0.25) is 0 Å². The number of nitrogens with zero attached hydrogens (tertiary/aromatic N) is 3. The van der Waals surface area contributed by atoms with E-state index in [1.54, 1.807) is 0 Å². The molecule has 0 spiro atoms. The number of azide groups is 1. The van der Waals surface area contributed by atoms with E-state index in [2.05, 4.69) is 10.0 Å². The number of rotatable bonds is 3. The Hall–Kier alpha value is -1.65. The third-order valence-corrected chi connectivity index (χ3v) is 1.59. The molecular formula is C8H7F2N3O. The van der Waals surface area contributed by atoms with Crippen molar-refractivity contribution in [2.75, 3.05) is 6.54 Å². The fourth-order valence-electron chi connectivity index (χ4n) is 0.987. The molecule has 1 aromatic rings. The zero-order chi connectivity index (χ0) is 10.6. The summed E-state index contributed by atoms with van der Waals surface area (Å²) in [5, 5.41) is 12.4. The van der Waals surface area contributed by atoms with Crippen molar-refractivity contribution >= 4 is 0 Å². The standard InChI is InChI=1S/C8H7F2N3O/c9-6-1-5(2-7(10)3-6)8(14)4-12-13-11/h1-3,8,14H,4H2/t8-/m0/s1. The molecule has 0 fully saturated rings. The highest BCUT2D eigenvalue weighted by atomic mass is 19.1. The quantitative estimate of drug-likeness (QED) is 0.453. The average molecular weight is 199 g/mol. The minimum Gasteiger partial charge on any atom is -0.388 e. The van der Waals surface area contributed by atoms with Gasteiger partial charge < -0.3 is 5.11 Å². The lowest BCUT2D eigenvalue weighted by atomic mass is 10.1. The maximum absolute atomic E-state index is 12.7. The molecule has 74 valence electrons. The van der Waals surface area contributed by atoms with Crippen LogP contribution in [0.5, 0.6) is 0 Å². The molecule has 0 unspecified atom stereocenters. The van der Waals surface area contributed by atoms with E-state index >= 15 is 0 Å². The van der Waals surface area contributed by atoms with E-state index in [4.69, 9.17) is 5.53 Å². The van der Waals surface area contributed by atoms with E-state index in [9.17, 15) is 13.9 Å². The van der Waals surface area contributed by atoms with Crippen molar-refractivity contribution in [3.05, 3.63) is 45.8 Å². The highest BCUT2D eigenvalue weighted by molar-refractivity contribution is 5.20. The molecule has 1 atom stereocenters. The van der Waals surface area contributed by atoms with Gasteiger partial charge in [-0.05, 0) is 23.2 Å². The van der Waals surface area contributed by atoms with Crippen LogP contribution in [0.3, 0.4) is 0 Å². The summed E-state index contributed by atoms with van der Waals surface area (Å²) >= 11 is 0. The van der Waals surface area contributed by atoms with Gasteiger partial charge in [0, 0.05) is 11.0 Å². The van der Waals surface area contributed by atoms with Crippen molar-refractivity contribution in [2.45, 2.75) is 6.10 Å². The maximum atomic E-state index is 12.7. The van der Waals surface area contributed by atoms with E-state index < -0.39 is 17.7 Å². The fraction of sp³-hybridized carbons (Fsp3) is 0.250. The summed E-state index contributed by atoms with van der Waals surface area (Å²) in [5.74, 6) is -1.56. The summed E-state index contributed by atoms with van der Waals surface area (Å²) in [6.45, 7) is -0.251. The van der Waals surface area contributed by atoms with Crippen LogP contribution in [0.25, 0.3) is 10.4 Å².